The van der Waals surface area contributed by atoms with Crippen LogP contribution in [0, 0.1) is 5.92 Å². The molecule has 1 aliphatic heterocycles. The Labute approximate surface area is 237 Å². The van der Waals surface area contributed by atoms with Crippen LogP contribution in [0.5, 0.6) is 0 Å². The van der Waals surface area contributed by atoms with Crippen molar-refractivity contribution in [2.24, 2.45) is 5.92 Å². The molecule has 0 spiro atoms. The molecule has 10 heteroatoms. The summed E-state index contributed by atoms with van der Waals surface area (Å²) in [7, 11) is -4.03. The number of sulfonamides is 1. The number of halogens is 6. The minimum atomic E-state index is -4.57. The second-order valence-corrected chi connectivity index (χ2v) is 13.2. The first kappa shape index (κ1) is 31.1. The van der Waals surface area contributed by atoms with Crippen molar-refractivity contribution in [1.29, 1.82) is 0 Å². The minimum absolute atomic E-state index is 0.151. The number of hydrogen-bond donors (Lipinski definition) is 0. The lowest BCUT2D eigenvalue weighted by Gasteiger charge is -2.33. The van der Waals surface area contributed by atoms with Crippen LogP contribution in [-0.4, -0.2) is 25.8 Å². The Kier molecular flexibility index (Phi) is 8.95. The monoisotopic (exact) mass is 597 g/mol. The molecule has 0 aromatic heterocycles. The van der Waals surface area contributed by atoms with Gasteiger partial charge < -0.3 is 0 Å². The van der Waals surface area contributed by atoms with Crippen LogP contribution >= 0.6 is 0 Å². The predicted octanol–water partition coefficient (Wildman–Crippen LogP) is 9.11. The summed E-state index contributed by atoms with van der Waals surface area (Å²) < 4.78 is 106. The molecule has 3 nitrogen and oxygen atoms in total. The van der Waals surface area contributed by atoms with Crippen LogP contribution < -0.4 is 0 Å². The second kappa shape index (κ2) is 11.8. The topological polar surface area (TPSA) is 37.4 Å². The number of benzene rings is 3. The van der Waals surface area contributed by atoms with Crippen molar-refractivity contribution in [2.45, 2.75) is 69.1 Å². The highest BCUT2D eigenvalue weighted by molar-refractivity contribution is 7.89. The first-order valence-electron chi connectivity index (χ1n) is 13.6. The fraction of sp³-hybridized carbons (Fsp3) is 0.419. The zero-order chi connectivity index (χ0) is 30.2. The van der Waals surface area contributed by atoms with Crippen molar-refractivity contribution in [3.63, 3.8) is 0 Å². The van der Waals surface area contributed by atoms with E-state index in [2.05, 4.69) is 26.8 Å². The van der Waals surface area contributed by atoms with Crippen LogP contribution in [0.2, 0.25) is 0 Å². The molecule has 0 radical (unpaired) electrons. The third-order valence-corrected chi connectivity index (χ3v) is 9.47. The Morgan fingerprint density at radius 1 is 0.805 bits per heavy atom. The Balaban J connectivity index is 1.67. The molecule has 41 heavy (non-hydrogen) atoms. The Morgan fingerprint density at radius 2 is 1.37 bits per heavy atom. The van der Waals surface area contributed by atoms with Gasteiger partial charge >= 0.3 is 12.4 Å². The second-order valence-electron chi connectivity index (χ2n) is 11.2. The van der Waals surface area contributed by atoms with Gasteiger partial charge in [-0.25, -0.2) is 8.42 Å². The summed E-state index contributed by atoms with van der Waals surface area (Å²) in [5.41, 5.74) is 1.64. The normalized spacial score (nSPS) is 18.0. The van der Waals surface area contributed by atoms with Gasteiger partial charge in [0, 0.05) is 13.1 Å². The average molecular weight is 598 g/mol. The molecule has 0 bridgehead atoms. The van der Waals surface area contributed by atoms with E-state index in [4.69, 9.17) is 0 Å². The van der Waals surface area contributed by atoms with Gasteiger partial charge in [0.15, 0.2) is 0 Å². The van der Waals surface area contributed by atoms with E-state index in [1.54, 1.807) is 0 Å². The van der Waals surface area contributed by atoms with E-state index in [0.717, 1.165) is 59.5 Å². The van der Waals surface area contributed by atoms with Crippen molar-refractivity contribution >= 4 is 10.0 Å². The van der Waals surface area contributed by atoms with Crippen molar-refractivity contribution in [1.82, 2.24) is 4.31 Å². The minimum Gasteiger partial charge on any atom is -0.207 e. The van der Waals surface area contributed by atoms with E-state index in [1.165, 1.54) is 16.4 Å². The summed E-state index contributed by atoms with van der Waals surface area (Å²) in [6, 6.07) is 14.5. The first-order chi connectivity index (χ1) is 19.1. The third kappa shape index (κ3) is 7.33. The van der Waals surface area contributed by atoms with E-state index in [9.17, 15) is 34.8 Å². The first-order valence-corrected chi connectivity index (χ1v) is 15.0. The number of hydrogen-bond acceptors (Lipinski definition) is 2. The van der Waals surface area contributed by atoms with E-state index in [-0.39, 0.29) is 29.8 Å². The number of piperidine rings is 1. The van der Waals surface area contributed by atoms with E-state index < -0.39 is 33.5 Å². The van der Waals surface area contributed by atoms with Gasteiger partial charge in [-0.15, -0.1) is 0 Å². The van der Waals surface area contributed by atoms with Crippen LogP contribution in [0.1, 0.15) is 74.1 Å². The molecule has 0 amide bonds. The molecule has 1 fully saturated rings. The van der Waals surface area contributed by atoms with Gasteiger partial charge in [-0.3, -0.25) is 0 Å². The van der Waals surface area contributed by atoms with Gasteiger partial charge in [0.05, 0.1) is 16.0 Å². The predicted molar refractivity (Wildman–Crippen MR) is 147 cm³/mol. The smallest absolute Gasteiger partial charge is 0.207 e. The van der Waals surface area contributed by atoms with Gasteiger partial charge in [-0.1, -0.05) is 51.1 Å². The molecule has 0 N–H and O–H groups in total. The van der Waals surface area contributed by atoms with Gasteiger partial charge in [0.25, 0.3) is 0 Å². The molecule has 2 unspecified atom stereocenters. The molecule has 222 valence electrons. The van der Waals surface area contributed by atoms with Gasteiger partial charge in [0.1, 0.15) is 0 Å². The SMILES string of the molecule is CC(C)CC(C)c1cc(-c2ccc(C(F)(F)F)cc2)cc(C2CCCN(S(=O)(=O)c3ccc(C(F)(F)F)cc3)C2)c1. The highest BCUT2D eigenvalue weighted by atomic mass is 32.2. The maximum Gasteiger partial charge on any atom is 0.416 e. The van der Waals surface area contributed by atoms with Crippen molar-refractivity contribution < 1.29 is 34.8 Å². The quantitative estimate of drug-likeness (QED) is 0.255. The molecule has 0 saturated carbocycles. The van der Waals surface area contributed by atoms with Crippen LogP contribution in [0.25, 0.3) is 11.1 Å². The van der Waals surface area contributed by atoms with Crippen molar-refractivity contribution in [3.8, 4) is 11.1 Å². The van der Waals surface area contributed by atoms with Crippen molar-refractivity contribution in [3.05, 3.63) is 89.0 Å². The maximum atomic E-state index is 13.4. The lowest BCUT2D eigenvalue weighted by Crippen LogP contribution is -2.39. The lowest BCUT2D eigenvalue weighted by molar-refractivity contribution is -0.138. The Bertz CT molecular complexity index is 1450. The van der Waals surface area contributed by atoms with E-state index >= 15 is 0 Å². The highest BCUT2D eigenvalue weighted by Gasteiger charge is 2.34. The summed E-state index contributed by atoms with van der Waals surface area (Å²) in [4.78, 5) is -0.198. The Hall–Kier alpha value is -2.85. The largest absolute Gasteiger partial charge is 0.416 e. The van der Waals surface area contributed by atoms with E-state index in [1.807, 2.05) is 12.1 Å². The zero-order valence-electron chi connectivity index (χ0n) is 23.1. The molecule has 2 atom stereocenters. The number of rotatable bonds is 7. The van der Waals surface area contributed by atoms with Crippen LogP contribution in [0.4, 0.5) is 26.3 Å². The van der Waals surface area contributed by atoms with Gasteiger partial charge in [-0.05, 0) is 95.7 Å². The van der Waals surface area contributed by atoms with Crippen LogP contribution in [0.15, 0.2) is 71.6 Å². The molecule has 4 rings (SSSR count). The summed E-state index contributed by atoms with van der Waals surface area (Å²) in [5, 5.41) is 0. The molecule has 0 aliphatic carbocycles. The molecule has 1 saturated heterocycles. The number of nitrogens with zero attached hydrogens (tertiary/aromatic N) is 1. The standard InChI is InChI=1S/C31H33F6NO2S/c1-20(2)15-21(3)24-16-25(22-6-8-27(9-7-22)30(32,33)34)18-26(17-24)23-5-4-14-38(19-23)41(39,40)29-12-10-28(11-13-29)31(35,36)37/h6-13,16-18,20-21,23H,4-5,14-15,19H2,1-3H3. The molecule has 1 aliphatic rings. The summed E-state index contributed by atoms with van der Waals surface area (Å²) in [5.74, 6) is 0.397. The zero-order valence-corrected chi connectivity index (χ0v) is 23.9. The van der Waals surface area contributed by atoms with Gasteiger partial charge in [0.2, 0.25) is 10.0 Å². The van der Waals surface area contributed by atoms with E-state index in [0.29, 0.717) is 24.3 Å². The lowest BCUT2D eigenvalue weighted by atomic mass is 9.84. The molecule has 3 aromatic rings. The highest BCUT2D eigenvalue weighted by Crippen LogP contribution is 2.38. The molecular formula is C31H33F6NO2S. The number of alkyl halides is 6. The fourth-order valence-electron chi connectivity index (χ4n) is 5.46. The molecule has 3 aromatic carbocycles. The maximum absolute atomic E-state index is 13.4. The summed E-state index contributed by atoms with van der Waals surface area (Å²) in [6.45, 7) is 6.72. The van der Waals surface area contributed by atoms with Crippen LogP contribution in [0.3, 0.4) is 0 Å². The average Bonchev–Trinajstić information content (AvgIpc) is 2.91. The molecule has 1 heterocycles. The fourth-order valence-corrected chi connectivity index (χ4v) is 6.98. The Morgan fingerprint density at radius 3 is 1.90 bits per heavy atom. The van der Waals surface area contributed by atoms with Crippen LogP contribution in [-0.2, 0) is 22.4 Å². The summed E-state index contributed by atoms with van der Waals surface area (Å²) >= 11 is 0. The van der Waals surface area contributed by atoms with Gasteiger partial charge in [-0.2, -0.15) is 30.6 Å². The summed E-state index contributed by atoms with van der Waals surface area (Å²) in [6.07, 6.45) is -6.85. The third-order valence-electron chi connectivity index (χ3n) is 7.59. The van der Waals surface area contributed by atoms with Crippen molar-refractivity contribution in [2.75, 3.05) is 13.1 Å². The molecular weight excluding hydrogens is 564 g/mol.